The molecule has 0 aromatic rings. The summed E-state index contributed by atoms with van der Waals surface area (Å²) in [6, 6.07) is 0. The number of hydrogen-bond acceptors (Lipinski definition) is 4. The van der Waals surface area contributed by atoms with E-state index >= 15 is 0 Å². The van der Waals surface area contributed by atoms with E-state index in [0.29, 0.717) is 5.57 Å². The number of ether oxygens (including phenoxy) is 2. The van der Waals surface area contributed by atoms with Crippen molar-refractivity contribution in [2.45, 2.75) is 58.2 Å². The van der Waals surface area contributed by atoms with Gasteiger partial charge < -0.3 is 14.6 Å². The summed E-state index contributed by atoms with van der Waals surface area (Å²) in [7, 11) is 0. The topological polar surface area (TPSA) is 55.8 Å². The van der Waals surface area contributed by atoms with Crippen LogP contribution in [-0.2, 0) is 14.3 Å². The van der Waals surface area contributed by atoms with Crippen LogP contribution in [-0.4, -0.2) is 29.9 Å². The van der Waals surface area contributed by atoms with E-state index in [-0.39, 0.29) is 12.7 Å². The lowest BCUT2D eigenvalue weighted by Crippen LogP contribution is -2.17. The minimum absolute atomic E-state index is 0.0213. The van der Waals surface area contributed by atoms with Crippen molar-refractivity contribution in [3.63, 3.8) is 0 Å². The van der Waals surface area contributed by atoms with Gasteiger partial charge in [0.1, 0.15) is 6.61 Å². The normalized spacial score (nSPS) is 19.8. The molecule has 1 aliphatic rings. The third-order valence-corrected chi connectivity index (χ3v) is 2.77. The minimum Gasteiger partial charge on any atom is -0.497 e. The third kappa shape index (κ3) is 5.73. The molecule has 0 radical (unpaired) electrons. The van der Waals surface area contributed by atoms with Gasteiger partial charge in [0.2, 0.25) is 0 Å². The van der Waals surface area contributed by atoms with Crippen LogP contribution in [0.4, 0.5) is 0 Å². The maximum Gasteiger partial charge on any atom is 0.336 e. The second-order valence-corrected chi connectivity index (χ2v) is 4.64. The first-order chi connectivity index (χ1) is 8.09. The Bertz CT molecular complexity index is 265. The van der Waals surface area contributed by atoms with Gasteiger partial charge in [-0.1, -0.05) is 6.42 Å². The maximum atomic E-state index is 11.4. The standard InChI is InChI=1S/C13H22O4/c1-10(13(15)17-9-11(2)14)8-16-12-6-4-3-5-7-12/h8,11-12,14H,3-7,9H2,1-2H3/b10-8+. The van der Waals surface area contributed by atoms with Gasteiger partial charge in [-0.05, 0) is 39.5 Å². The van der Waals surface area contributed by atoms with Crippen molar-refractivity contribution in [2.24, 2.45) is 0 Å². The minimum atomic E-state index is -0.633. The van der Waals surface area contributed by atoms with Gasteiger partial charge in [0.05, 0.1) is 24.0 Å². The predicted molar refractivity (Wildman–Crippen MR) is 64.4 cm³/mol. The Morgan fingerprint density at radius 2 is 2.06 bits per heavy atom. The van der Waals surface area contributed by atoms with E-state index < -0.39 is 12.1 Å². The molecule has 98 valence electrons. The fourth-order valence-electron chi connectivity index (χ4n) is 1.76. The number of carbonyl (C=O) groups is 1. The molecule has 0 heterocycles. The monoisotopic (exact) mass is 242 g/mol. The third-order valence-electron chi connectivity index (χ3n) is 2.77. The molecule has 0 amide bonds. The van der Waals surface area contributed by atoms with Crippen LogP contribution in [0.1, 0.15) is 46.0 Å². The van der Waals surface area contributed by atoms with Crippen LogP contribution in [0, 0.1) is 0 Å². The fraction of sp³-hybridized carbons (Fsp3) is 0.769. The van der Waals surface area contributed by atoms with E-state index in [1.165, 1.54) is 25.5 Å². The molecular formula is C13H22O4. The molecule has 0 bridgehead atoms. The molecule has 17 heavy (non-hydrogen) atoms. The summed E-state index contributed by atoms with van der Waals surface area (Å²) in [6.45, 7) is 3.26. The highest BCUT2D eigenvalue weighted by Gasteiger charge is 2.14. The number of rotatable bonds is 5. The Labute approximate surface area is 103 Å². The van der Waals surface area contributed by atoms with Crippen molar-refractivity contribution in [2.75, 3.05) is 6.61 Å². The smallest absolute Gasteiger partial charge is 0.336 e. The summed E-state index contributed by atoms with van der Waals surface area (Å²) in [5.41, 5.74) is 0.441. The molecule has 1 N–H and O–H groups in total. The zero-order valence-corrected chi connectivity index (χ0v) is 10.6. The highest BCUT2D eigenvalue weighted by Crippen LogP contribution is 2.20. The van der Waals surface area contributed by atoms with Crippen LogP contribution in [0.5, 0.6) is 0 Å². The molecule has 1 saturated carbocycles. The largest absolute Gasteiger partial charge is 0.497 e. The number of esters is 1. The van der Waals surface area contributed by atoms with Crippen LogP contribution in [0.25, 0.3) is 0 Å². The van der Waals surface area contributed by atoms with Gasteiger partial charge >= 0.3 is 5.97 Å². The van der Waals surface area contributed by atoms with Gasteiger partial charge in [0.25, 0.3) is 0 Å². The molecule has 1 rings (SSSR count). The van der Waals surface area contributed by atoms with E-state index in [1.54, 1.807) is 13.8 Å². The van der Waals surface area contributed by atoms with Crippen molar-refractivity contribution in [3.8, 4) is 0 Å². The van der Waals surface area contributed by atoms with Crippen LogP contribution < -0.4 is 0 Å². The van der Waals surface area contributed by atoms with Crippen molar-refractivity contribution in [3.05, 3.63) is 11.8 Å². The molecule has 0 aromatic heterocycles. The van der Waals surface area contributed by atoms with Crippen molar-refractivity contribution >= 4 is 5.97 Å². The van der Waals surface area contributed by atoms with E-state index in [2.05, 4.69) is 0 Å². The second-order valence-electron chi connectivity index (χ2n) is 4.64. The Kier molecular flexibility index (Phi) is 6.05. The van der Waals surface area contributed by atoms with Crippen LogP contribution in [0.2, 0.25) is 0 Å². The number of aliphatic hydroxyl groups is 1. The van der Waals surface area contributed by atoms with E-state index in [0.717, 1.165) is 12.8 Å². The van der Waals surface area contributed by atoms with Crippen molar-refractivity contribution in [1.29, 1.82) is 0 Å². The fourth-order valence-corrected chi connectivity index (χ4v) is 1.76. The molecule has 0 aromatic carbocycles. The molecule has 4 nitrogen and oxygen atoms in total. The van der Waals surface area contributed by atoms with Gasteiger partial charge in [-0.15, -0.1) is 0 Å². The van der Waals surface area contributed by atoms with Crippen LogP contribution in [0.15, 0.2) is 11.8 Å². The van der Waals surface area contributed by atoms with Gasteiger partial charge in [-0.2, -0.15) is 0 Å². The first-order valence-corrected chi connectivity index (χ1v) is 6.27. The molecule has 1 fully saturated rings. The average molecular weight is 242 g/mol. The molecule has 1 unspecified atom stereocenters. The van der Waals surface area contributed by atoms with Gasteiger partial charge in [0.15, 0.2) is 0 Å². The van der Waals surface area contributed by atoms with Gasteiger partial charge in [-0.3, -0.25) is 0 Å². The number of hydrogen-bond donors (Lipinski definition) is 1. The predicted octanol–water partition coefficient (Wildman–Crippen LogP) is 2.16. The van der Waals surface area contributed by atoms with Crippen molar-refractivity contribution < 1.29 is 19.4 Å². The average Bonchev–Trinajstić information content (AvgIpc) is 2.34. The lowest BCUT2D eigenvalue weighted by atomic mass is 9.98. The Morgan fingerprint density at radius 1 is 1.41 bits per heavy atom. The molecule has 0 spiro atoms. The quantitative estimate of drug-likeness (QED) is 0.456. The second kappa shape index (κ2) is 7.33. The lowest BCUT2D eigenvalue weighted by Gasteiger charge is -2.21. The Balaban J connectivity index is 2.29. The zero-order chi connectivity index (χ0) is 12.7. The summed E-state index contributed by atoms with van der Waals surface area (Å²) in [5.74, 6) is -0.429. The number of aliphatic hydroxyl groups excluding tert-OH is 1. The first-order valence-electron chi connectivity index (χ1n) is 6.27. The van der Waals surface area contributed by atoms with Crippen molar-refractivity contribution in [1.82, 2.24) is 0 Å². The Hall–Kier alpha value is -1.03. The molecule has 1 aliphatic carbocycles. The van der Waals surface area contributed by atoms with Crippen LogP contribution in [0.3, 0.4) is 0 Å². The molecule has 0 saturated heterocycles. The van der Waals surface area contributed by atoms with E-state index in [9.17, 15) is 4.79 Å². The Morgan fingerprint density at radius 3 is 2.65 bits per heavy atom. The van der Waals surface area contributed by atoms with E-state index in [1.807, 2.05) is 0 Å². The highest BCUT2D eigenvalue weighted by molar-refractivity contribution is 5.87. The maximum absolute atomic E-state index is 11.4. The van der Waals surface area contributed by atoms with Gasteiger partial charge in [-0.25, -0.2) is 4.79 Å². The number of carbonyl (C=O) groups excluding carboxylic acids is 1. The van der Waals surface area contributed by atoms with Gasteiger partial charge in [0, 0.05) is 0 Å². The summed E-state index contributed by atoms with van der Waals surface area (Å²) in [6.07, 6.45) is 6.89. The van der Waals surface area contributed by atoms with Crippen LogP contribution >= 0.6 is 0 Å². The summed E-state index contributed by atoms with van der Waals surface area (Å²) in [5, 5.41) is 8.99. The SMILES string of the molecule is C/C(=C\OC1CCCCC1)C(=O)OCC(C)O. The first kappa shape index (κ1) is 14.0. The molecular weight excluding hydrogens is 220 g/mol. The molecule has 0 aliphatic heterocycles. The molecule has 1 atom stereocenters. The summed E-state index contributed by atoms with van der Waals surface area (Å²) in [4.78, 5) is 11.4. The molecule has 4 heteroatoms. The lowest BCUT2D eigenvalue weighted by molar-refractivity contribution is -0.141. The summed E-state index contributed by atoms with van der Waals surface area (Å²) < 4.78 is 10.4. The highest BCUT2D eigenvalue weighted by atomic mass is 16.5. The van der Waals surface area contributed by atoms with E-state index in [4.69, 9.17) is 14.6 Å². The zero-order valence-electron chi connectivity index (χ0n) is 10.6. The summed E-state index contributed by atoms with van der Waals surface area (Å²) >= 11 is 0.